The molecule has 4 heterocycles. The van der Waals surface area contributed by atoms with E-state index in [0.717, 1.165) is 10.5 Å². The minimum absolute atomic E-state index is 0.0623. The fourth-order valence-electron chi connectivity index (χ4n) is 4.48. The van der Waals surface area contributed by atoms with Crippen LogP contribution in [-0.2, 0) is 29.3 Å². The molecule has 0 bridgehead atoms. The fraction of sp³-hybridized carbons (Fsp3) is 0.560. The van der Waals surface area contributed by atoms with Gasteiger partial charge in [0.25, 0.3) is 0 Å². The van der Waals surface area contributed by atoms with E-state index in [2.05, 4.69) is 41.8 Å². The van der Waals surface area contributed by atoms with E-state index >= 15 is 0 Å². The predicted molar refractivity (Wildman–Crippen MR) is 149 cm³/mol. The number of hydrogen-bond donors (Lipinski definition) is 1. The van der Waals surface area contributed by atoms with Crippen LogP contribution in [-0.4, -0.2) is 67.5 Å². The number of hydrogen-bond acceptors (Lipinski definition) is 12. The van der Waals surface area contributed by atoms with Crippen LogP contribution in [0.1, 0.15) is 45.3 Å². The van der Waals surface area contributed by atoms with E-state index in [1.807, 2.05) is 18.2 Å². The van der Waals surface area contributed by atoms with Crippen LogP contribution >= 0.6 is 29.4 Å². The molecule has 2 aromatic heterocycles. The van der Waals surface area contributed by atoms with Gasteiger partial charge in [-0.1, -0.05) is 60.6 Å². The van der Waals surface area contributed by atoms with E-state index in [1.54, 1.807) is 40.0 Å². The quantitative estimate of drug-likeness (QED) is 0.274. The number of aromatic nitrogens is 4. The summed E-state index contributed by atoms with van der Waals surface area (Å²) in [6.45, 7) is 9.86. The second kappa shape index (κ2) is 10.9. The molecule has 39 heavy (non-hydrogen) atoms. The zero-order valence-electron chi connectivity index (χ0n) is 22.7. The molecular formula is C25H33N4O7PS2. The zero-order valence-corrected chi connectivity index (χ0v) is 25.2. The molecule has 1 unspecified atom stereocenters. The minimum Gasteiger partial charge on any atom is -0.479 e. The number of phosphoric acid groups is 1. The van der Waals surface area contributed by atoms with Crippen molar-refractivity contribution < 1.29 is 32.7 Å². The number of imidazole rings is 1. The Hall–Kier alpha value is -1.70. The summed E-state index contributed by atoms with van der Waals surface area (Å²) in [6, 6.07) is 8.06. The normalized spacial score (nSPS) is 29.1. The van der Waals surface area contributed by atoms with Crippen molar-refractivity contribution >= 4 is 40.6 Å². The average Bonchev–Trinajstić information content (AvgIpc) is 3.40. The van der Waals surface area contributed by atoms with Crippen molar-refractivity contribution in [2.75, 3.05) is 20.3 Å². The lowest BCUT2D eigenvalue weighted by atomic mass is 9.96. The summed E-state index contributed by atoms with van der Waals surface area (Å²) in [5.74, 6) is 0.798. The maximum atomic E-state index is 13.4. The van der Waals surface area contributed by atoms with E-state index in [4.69, 9.17) is 23.0 Å². The lowest BCUT2D eigenvalue weighted by Gasteiger charge is -2.35. The van der Waals surface area contributed by atoms with Crippen LogP contribution < -0.4 is 4.74 Å². The molecule has 0 radical (unpaired) electrons. The third-order valence-electron chi connectivity index (χ3n) is 6.28. The van der Waals surface area contributed by atoms with Gasteiger partial charge in [-0.25, -0.2) is 14.5 Å². The molecule has 14 heteroatoms. The summed E-state index contributed by atoms with van der Waals surface area (Å²) in [4.78, 5) is 14.2. The van der Waals surface area contributed by atoms with Gasteiger partial charge in [0, 0.05) is 9.64 Å². The summed E-state index contributed by atoms with van der Waals surface area (Å²) in [7, 11) is 1.04. The standard InChI is InChI=1S/C25H33N4O7PS2/c1-15-27-21-19(22(28-15)32-6)26-14-29(21)23-25(5,30)20-17(35-23)13-34-37(31,36-20)33-12-11-16-9-7-8-10-18(16)38-39-24(2,3)4/h7-10,14,17,20,23,30H,11-13H2,1-6H3/t17-,20-,23-,25-,37?/m1/s1. The summed E-state index contributed by atoms with van der Waals surface area (Å²) in [6.07, 6.45) is -0.547. The predicted octanol–water partition coefficient (Wildman–Crippen LogP) is 5.11. The lowest BCUT2D eigenvalue weighted by Crippen LogP contribution is -2.47. The van der Waals surface area contributed by atoms with Crippen LogP contribution in [0.2, 0.25) is 0 Å². The highest BCUT2D eigenvalue weighted by Crippen LogP contribution is 2.59. The van der Waals surface area contributed by atoms with Crippen molar-refractivity contribution in [2.45, 2.75) is 74.7 Å². The van der Waals surface area contributed by atoms with E-state index in [0.29, 0.717) is 29.3 Å². The van der Waals surface area contributed by atoms with Crippen LogP contribution in [0.15, 0.2) is 35.5 Å². The van der Waals surface area contributed by atoms with Gasteiger partial charge in [-0.15, -0.1) is 0 Å². The molecule has 0 amide bonds. The molecule has 2 fully saturated rings. The molecule has 5 atom stereocenters. The second-order valence-corrected chi connectivity index (χ2v) is 15.2. The number of rotatable bonds is 8. The summed E-state index contributed by atoms with van der Waals surface area (Å²) in [5, 5.41) is 11.6. The Labute approximate surface area is 235 Å². The van der Waals surface area contributed by atoms with Crippen LogP contribution in [0.3, 0.4) is 0 Å². The molecule has 0 spiro atoms. The molecule has 1 N–H and O–H groups in total. The van der Waals surface area contributed by atoms with Gasteiger partial charge < -0.3 is 14.6 Å². The van der Waals surface area contributed by atoms with Crippen molar-refractivity contribution in [3.05, 3.63) is 42.0 Å². The maximum absolute atomic E-state index is 13.4. The van der Waals surface area contributed by atoms with Gasteiger partial charge in [-0.3, -0.25) is 18.1 Å². The number of phosphoric ester groups is 1. The first-order chi connectivity index (χ1) is 18.4. The van der Waals surface area contributed by atoms with Gasteiger partial charge in [0.05, 0.1) is 26.7 Å². The van der Waals surface area contributed by atoms with Gasteiger partial charge in [0.2, 0.25) is 5.88 Å². The first kappa shape index (κ1) is 28.8. The number of nitrogens with zero attached hydrogens (tertiary/aromatic N) is 4. The summed E-state index contributed by atoms with van der Waals surface area (Å²) >= 11 is 0. The largest absolute Gasteiger partial charge is 0.479 e. The SMILES string of the molecule is COc1nc(C)nc2c1ncn2[C@@H]1O[C@@H]2COP(=O)(OCCc3ccccc3SSC(C)(C)C)O[C@H]2[C@@]1(C)O. The Bertz CT molecular complexity index is 1400. The minimum atomic E-state index is -3.95. The number of aryl methyl sites for hydroxylation is 1. The number of benzene rings is 1. The molecule has 2 aliphatic heterocycles. The second-order valence-electron chi connectivity index (χ2n) is 10.6. The lowest BCUT2D eigenvalue weighted by molar-refractivity contribution is -0.0909. The molecule has 11 nitrogen and oxygen atoms in total. The monoisotopic (exact) mass is 596 g/mol. The van der Waals surface area contributed by atoms with Crippen molar-refractivity contribution in [3.63, 3.8) is 0 Å². The van der Waals surface area contributed by atoms with Crippen molar-refractivity contribution in [1.29, 1.82) is 0 Å². The number of ether oxygens (including phenoxy) is 2. The Morgan fingerprint density at radius 1 is 1.28 bits per heavy atom. The van der Waals surface area contributed by atoms with Gasteiger partial charge in [0.1, 0.15) is 23.6 Å². The third-order valence-corrected chi connectivity index (χ3v) is 11.2. The highest BCUT2D eigenvalue weighted by molar-refractivity contribution is 8.77. The Balaban J connectivity index is 1.28. The first-order valence-electron chi connectivity index (χ1n) is 12.5. The topological polar surface area (TPSA) is 127 Å². The summed E-state index contributed by atoms with van der Waals surface area (Å²) < 4.78 is 43.6. The molecule has 1 aromatic carbocycles. The molecule has 2 saturated heterocycles. The molecule has 5 rings (SSSR count). The zero-order chi connectivity index (χ0) is 28.0. The Morgan fingerprint density at radius 2 is 2.05 bits per heavy atom. The van der Waals surface area contributed by atoms with Crippen molar-refractivity contribution in [1.82, 2.24) is 19.5 Å². The molecule has 3 aromatic rings. The van der Waals surface area contributed by atoms with Gasteiger partial charge in [-0.2, -0.15) is 4.98 Å². The molecular weight excluding hydrogens is 563 g/mol. The van der Waals surface area contributed by atoms with Crippen molar-refractivity contribution in [2.24, 2.45) is 0 Å². The fourth-order valence-corrected chi connectivity index (χ4v) is 8.21. The van der Waals surface area contributed by atoms with Crippen molar-refractivity contribution in [3.8, 4) is 5.88 Å². The van der Waals surface area contributed by atoms with Gasteiger partial charge >= 0.3 is 7.82 Å². The molecule has 212 valence electrons. The number of methoxy groups -OCH3 is 1. The number of aliphatic hydroxyl groups is 1. The Kier molecular flexibility index (Phi) is 8.08. The van der Waals surface area contributed by atoms with Crippen LogP contribution in [0.4, 0.5) is 0 Å². The van der Waals surface area contributed by atoms with Crippen LogP contribution in [0, 0.1) is 6.92 Å². The van der Waals surface area contributed by atoms with E-state index in [-0.39, 0.29) is 18.0 Å². The van der Waals surface area contributed by atoms with Crippen LogP contribution in [0.5, 0.6) is 5.88 Å². The first-order valence-corrected chi connectivity index (χ1v) is 16.2. The smallest absolute Gasteiger partial charge is 0.475 e. The molecule has 0 saturated carbocycles. The van der Waals surface area contributed by atoms with E-state index in [9.17, 15) is 9.67 Å². The van der Waals surface area contributed by atoms with Gasteiger partial charge in [0.15, 0.2) is 17.4 Å². The van der Waals surface area contributed by atoms with E-state index in [1.165, 1.54) is 13.4 Å². The highest BCUT2D eigenvalue weighted by Gasteiger charge is 2.60. The Morgan fingerprint density at radius 3 is 2.79 bits per heavy atom. The van der Waals surface area contributed by atoms with Gasteiger partial charge in [-0.05, 0) is 31.9 Å². The summed E-state index contributed by atoms with van der Waals surface area (Å²) in [5.41, 5.74) is 0.352. The van der Waals surface area contributed by atoms with E-state index < -0.39 is 31.9 Å². The third kappa shape index (κ3) is 6.01. The maximum Gasteiger partial charge on any atom is 0.475 e. The molecule has 0 aliphatic carbocycles. The average molecular weight is 597 g/mol. The molecule has 2 aliphatic rings. The highest BCUT2D eigenvalue weighted by atomic mass is 33.1. The van der Waals surface area contributed by atoms with Crippen LogP contribution in [0.25, 0.3) is 11.2 Å². The number of fused-ring (bicyclic) bond motifs is 2.